The van der Waals surface area contributed by atoms with Crippen LogP contribution in [0.3, 0.4) is 0 Å². The van der Waals surface area contributed by atoms with Crippen LogP contribution in [-0.2, 0) is 5.41 Å². The van der Waals surface area contributed by atoms with Crippen LogP contribution in [0.5, 0.6) is 0 Å². The van der Waals surface area contributed by atoms with Gasteiger partial charge in [0.1, 0.15) is 11.2 Å². The van der Waals surface area contributed by atoms with E-state index in [1.165, 1.54) is 38.5 Å². The Morgan fingerprint density at radius 1 is 0.424 bits per heavy atom. The highest BCUT2D eigenvalue weighted by molar-refractivity contribution is 6.18. The zero-order valence-electron chi connectivity index (χ0n) is 32.5. The first-order chi connectivity index (χ1) is 29.0. The van der Waals surface area contributed by atoms with Gasteiger partial charge in [-0.2, -0.15) is 0 Å². The van der Waals surface area contributed by atoms with Crippen LogP contribution in [0, 0.1) is 0 Å². The third-order valence-electron chi connectivity index (χ3n) is 12.3. The van der Waals surface area contributed by atoms with E-state index < -0.39 is 0 Å². The zero-order chi connectivity index (χ0) is 39.2. The van der Waals surface area contributed by atoms with Crippen molar-refractivity contribution in [3.8, 4) is 62.1 Å². The summed E-state index contributed by atoms with van der Waals surface area (Å²) in [6.45, 7) is 4.60. The van der Waals surface area contributed by atoms with Crippen LogP contribution >= 0.6 is 0 Å². The fourth-order valence-electron chi connectivity index (χ4n) is 9.57. The molecule has 0 aliphatic heterocycles. The minimum Gasteiger partial charge on any atom is -0.456 e. The number of rotatable bonds is 5. The van der Waals surface area contributed by atoms with Gasteiger partial charge in [-0.05, 0) is 75.8 Å². The van der Waals surface area contributed by atoms with E-state index in [-0.39, 0.29) is 5.41 Å². The van der Waals surface area contributed by atoms with Gasteiger partial charge in [0, 0.05) is 49.3 Å². The molecule has 5 heteroatoms. The number of fused-ring (bicyclic) bond motifs is 9. The molecule has 12 rings (SSSR count). The average Bonchev–Trinajstić information content (AvgIpc) is 3.92. The first-order valence-corrected chi connectivity index (χ1v) is 20.1. The maximum absolute atomic E-state index is 6.60. The second-order valence-electron chi connectivity index (χ2n) is 16.0. The molecule has 0 radical (unpaired) electrons. The van der Waals surface area contributed by atoms with Crippen molar-refractivity contribution in [2.24, 2.45) is 0 Å². The maximum atomic E-state index is 6.60. The highest BCUT2D eigenvalue weighted by atomic mass is 16.3. The molecule has 3 heterocycles. The smallest absolute Gasteiger partial charge is 0.164 e. The predicted octanol–water partition coefficient (Wildman–Crippen LogP) is 13.8. The van der Waals surface area contributed by atoms with Gasteiger partial charge in [0.2, 0.25) is 0 Å². The molecule has 8 aromatic carbocycles. The number of nitrogens with zero attached hydrogens (tertiary/aromatic N) is 4. The van der Waals surface area contributed by atoms with Crippen molar-refractivity contribution in [1.29, 1.82) is 0 Å². The van der Waals surface area contributed by atoms with Crippen LogP contribution in [0.25, 0.3) is 106 Å². The summed E-state index contributed by atoms with van der Waals surface area (Å²) < 4.78 is 8.97. The molecule has 1 aliphatic carbocycles. The summed E-state index contributed by atoms with van der Waals surface area (Å²) in [6, 6.07) is 64.1. The van der Waals surface area contributed by atoms with E-state index in [9.17, 15) is 0 Å². The quantitative estimate of drug-likeness (QED) is 0.175. The normalized spacial score (nSPS) is 13.1. The molecule has 3 aromatic heterocycles. The van der Waals surface area contributed by atoms with Crippen LogP contribution in [0.2, 0.25) is 0 Å². The topological polar surface area (TPSA) is 56.7 Å². The number of aromatic nitrogens is 4. The molecule has 0 unspecified atom stereocenters. The molecule has 278 valence electrons. The van der Waals surface area contributed by atoms with Gasteiger partial charge < -0.3 is 8.98 Å². The second-order valence-corrected chi connectivity index (χ2v) is 16.0. The first kappa shape index (κ1) is 33.5. The van der Waals surface area contributed by atoms with E-state index in [0.717, 1.165) is 61.0 Å². The van der Waals surface area contributed by atoms with Crippen molar-refractivity contribution >= 4 is 43.7 Å². The molecule has 0 amide bonds. The molecular formula is C54H36N4O. The van der Waals surface area contributed by atoms with Gasteiger partial charge in [-0.3, -0.25) is 0 Å². The summed E-state index contributed by atoms with van der Waals surface area (Å²) in [5, 5.41) is 4.42. The number of hydrogen-bond acceptors (Lipinski definition) is 4. The predicted molar refractivity (Wildman–Crippen MR) is 241 cm³/mol. The monoisotopic (exact) mass is 756 g/mol. The lowest BCUT2D eigenvalue weighted by Gasteiger charge is -2.21. The van der Waals surface area contributed by atoms with E-state index in [1.54, 1.807) is 0 Å². The van der Waals surface area contributed by atoms with Gasteiger partial charge in [0.05, 0.1) is 11.0 Å². The summed E-state index contributed by atoms with van der Waals surface area (Å²) in [5.41, 5.74) is 15.0. The Bertz CT molecular complexity index is 3470. The van der Waals surface area contributed by atoms with E-state index >= 15 is 0 Å². The van der Waals surface area contributed by atoms with Gasteiger partial charge in [-0.25, -0.2) is 15.0 Å². The summed E-state index contributed by atoms with van der Waals surface area (Å²) in [7, 11) is 0. The van der Waals surface area contributed by atoms with Gasteiger partial charge >= 0.3 is 0 Å². The number of para-hydroxylation sites is 2. The minimum atomic E-state index is -0.153. The molecule has 5 nitrogen and oxygen atoms in total. The number of hydrogen-bond donors (Lipinski definition) is 0. The lowest BCUT2D eigenvalue weighted by Crippen LogP contribution is -2.14. The van der Waals surface area contributed by atoms with Crippen LogP contribution in [0.15, 0.2) is 186 Å². The Kier molecular flexibility index (Phi) is 7.20. The second kappa shape index (κ2) is 12.7. The molecule has 0 spiro atoms. The Morgan fingerprint density at radius 3 is 1.92 bits per heavy atom. The summed E-state index contributed by atoms with van der Waals surface area (Å²) in [6.07, 6.45) is 0. The lowest BCUT2D eigenvalue weighted by molar-refractivity contribution is 0.660. The first-order valence-electron chi connectivity index (χ1n) is 20.1. The summed E-state index contributed by atoms with van der Waals surface area (Å²) in [4.78, 5) is 15.8. The van der Waals surface area contributed by atoms with Crippen molar-refractivity contribution in [3.05, 3.63) is 193 Å². The molecule has 0 N–H and O–H groups in total. The van der Waals surface area contributed by atoms with Crippen LogP contribution in [-0.4, -0.2) is 19.5 Å². The highest BCUT2D eigenvalue weighted by Crippen LogP contribution is 2.52. The van der Waals surface area contributed by atoms with Crippen LogP contribution in [0.4, 0.5) is 0 Å². The molecule has 0 saturated heterocycles. The van der Waals surface area contributed by atoms with Gasteiger partial charge in [-0.1, -0.05) is 153 Å². The standard InChI is InChI=1S/C54H36N4O/c1-54(2)42-25-11-9-20-37(42)48-39(23-13-26-43(48)54)52-55-51(33-16-5-3-6-17-33)56-53(57-52)40-24-15-29-47-50(40)41-32-34(30-31-46(41)59-47)36-22-14-28-45-49(36)38-21-10-12-27-44(38)58(45)35-18-7-4-8-19-35/h3-32H,1-2H3. The van der Waals surface area contributed by atoms with Crippen molar-refractivity contribution in [2.45, 2.75) is 19.3 Å². The van der Waals surface area contributed by atoms with E-state index in [2.05, 4.69) is 170 Å². The average molecular weight is 757 g/mol. The van der Waals surface area contributed by atoms with E-state index in [1.807, 2.05) is 30.3 Å². The molecule has 0 saturated carbocycles. The number of benzene rings is 8. The SMILES string of the molecule is CC1(C)c2ccccc2-c2c(-c3nc(-c4ccccc4)nc(-c4cccc5oc6ccc(-c7cccc8c7c7ccccc7n8-c7ccccc7)cc6c45)n3)cccc21. The van der Waals surface area contributed by atoms with Gasteiger partial charge in [0.15, 0.2) is 17.5 Å². The molecule has 11 aromatic rings. The summed E-state index contributed by atoms with van der Waals surface area (Å²) >= 11 is 0. The van der Waals surface area contributed by atoms with Crippen molar-refractivity contribution in [2.75, 3.05) is 0 Å². The third kappa shape index (κ3) is 5.01. The molecule has 59 heavy (non-hydrogen) atoms. The zero-order valence-corrected chi connectivity index (χ0v) is 32.5. The number of furan rings is 1. The minimum absolute atomic E-state index is 0.153. The van der Waals surface area contributed by atoms with Gasteiger partial charge in [0.25, 0.3) is 0 Å². The third-order valence-corrected chi connectivity index (χ3v) is 12.3. The van der Waals surface area contributed by atoms with Crippen molar-refractivity contribution < 1.29 is 4.42 Å². The Morgan fingerprint density at radius 2 is 1.05 bits per heavy atom. The molecule has 0 bridgehead atoms. The Hall–Kier alpha value is -7.63. The molecular weight excluding hydrogens is 721 g/mol. The Balaban J connectivity index is 1.09. The molecule has 0 fully saturated rings. The maximum Gasteiger partial charge on any atom is 0.164 e. The largest absolute Gasteiger partial charge is 0.456 e. The molecule has 1 aliphatic rings. The van der Waals surface area contributed by atoms with Crippen LogP contribution < -0.4 is 0 Å². The summed E-state index contributed by atoms with van der Waals surface area (Å²) in [5.74, 6) is 1.87. The highest BCUT2D eigenvalue weighted by Gasteiger charge is 2.37. The van der Waals surface area contributed by atoms with Crippen molar-refractivity contribution in [1.82, 2.24) is 19.5 Å². The van der Waals surface area contributed by atoms with E-state index in [4.69, 9.17) is 19.4 Å². The molecule has 0 atom stereocenters. The lowest BCUT2D eigenvalue weighted by atomic mass is 9.82. The fraction of sp³-hybridized carbons (Fsp3) is 0.0556. The van der Waals surface area contributed by atoms with Gasteiger partial charge in [-0.15, -0.1) is 0 Å². The van der Waals surface area contributed by atoms with E-state index in [0.29, 0.717) is 17.5 Å². The Labute approximate surface area is 340 Å². The fourth-order valence-corrected chi connectivity index (χ4v) is 9.57. The van der Waals surface area contributed by atoms with Crippen molar-refractivity contribution in [3.63, 3.8) is 0 Å². The van der Waals surface area contributed by atoms with Crippen LogP contribution in [0.1, 0.15) is 25.0 Å².